The summed E-state index contributed by atoms with van der Waals surface area (Å²) < 4.78 is 5.44. The van der Waals surface area contributed by atoms with Crippen LogP contribution in [-0.2, 0) is 14.3 Å². The lowest BCUT2D eigenvalue weighted by Gasteiger charge is -2.28. The van der Waals surface area contributed by atoms with Crippen LogP contribution < -0.4 is 0 Å². The molecule has 0 bridgehead atoms. The molecule has 0 saturated carbocycles. The zero-order valence-electron chi connectivity index (χ0n) is 14.1. The summed E-state index contributed by atoms with van der Waals surface area (Å²) in [4.78, 5) is 24.3. The van der Waals surface area contributed by atoms with Gasteiger partial charge in [-0.1, -0.05) is 48.5 Å². The highest BCUT2D eigenvalue weighted by atomic mass is 16.6. The van der Waals surface area contributed by atoms with Crippen LogP contribution in [0.2, 0.25) is 0 Å². The maximum Gasteiger partial charge on any atom is 0.340 e. The quantitative estimate of drug-likeness (QED) is 0.649. The van der Waals surface area contributed by atoms with Gasteiger partial charge in [0.1, 0.15) is 6.61 Å². The van der Waals surface area contributed by atoms with Crippen molar-refractivity contribution in [2.45, 2.75) is 24.3 Å². The first kappa shape index (κ1) is 16.8. The van der Waals surface area contributed by atoms with E-state index in [9.17, 15) is 19.9 Å². The standard InChI is InChI=1S/C20H19NO5/c22-18(23)20(10-5-11-21(20)25)19(24)26-12-17-15-8-3-1-6-13(15)14-7-2-4-9-16(14)17/h1-4,6-9,17,25H,5,10-12H2,(H,22,23)/t20-/m0/s1. The van der Waals surface area contributed by atoms with Gasteiger partial charge in [0.05, 0.1) is 0 Å². The normalized spacial score (nSPS) is 22.0. The van der Waals surface area contributed by atoms with Crippen molar-refractivity contribution in [2.24, 2.45) is 0 Å². The van der Waals surface area contributed by atoms with Crippen LogP contribution in [0.3, 0.4) is 0 Å². The van der Waals surface area contributed by atoms with Gasteiger partial charge in [-0.15, -0.1) is 0 Å². The average Bonchev–Trinajstić information content (AvgIpc) is 3.19. The number of aliphatic carboxylic acids is 1. The molecule has 1 saturated heterocycles. The Kier molecular flexibility index (Phi) is 4.01. The lowest BCUT2D eigenvalue weighted by Crippen LogP contribution is -2.56. The Balaban J connectivity index is 1.60. The minimum absolute atomic E-state index is 0.0372. The number of carbonyl (C=O) groups excluding carboxylic acids is 1. The maximum atomic E-state index is 12.6. The van der Waals surface area contributed by atoms with Crippen LogP contribution in [0.1, 0.15) is 29.9 Å². The van der Waals surface area contributed by atoms with Gasteiger partial charge in [-0.2, -0.15) is 5.06 Å². The van der Waals surface area contributed by atoms with Gasteiger partial charge in [0.15, 0.2) is 0 Å². The van der Waals surface area contributed by atoms with Gasteiger partial charge in [-0.3, -0.25) is 0 Å². The number of hydrogen-bond donors (Lipinski definition) is 2. The molecule has 0 aromatic heterocycles. The van der Waals surface area contributed by atoms with Crippen LogP contribution in [0, 0.1) is 0 Å². The summed E-state index contributed by atoms with van der Waals surface area (Å²) in [6.45, 7) is 0.173. The van der Waals surface area contributed by atoms with Gasteiger partial charge in [-0.05, 0) is 35.1 Å². The van der Waals surface area contributed by atoms with Crippen LogP contribution in [0.4, 0.5) is 0 Å². The molecule has 2 N–H and O–H groups in total. The molecule has 6 nitrogen and oxygen atoms in total. The molecule has 2 aromatic carbocycles. The van der Waals surface area contributed by atoms with Crippen molar-refractivity contribution in [3.8, 4) is 11.1 Å². The number of carboxylic acid groups (broad SMARTS) is 1. The van der Waals surface area contributed by atoms with E-state index in [1.54, 1.807) is 0 Å². The first-order valence-electron chi connectivity index (χ1n) is 8.61. The number of carbonyl (C=O) groups is 2. The SMILES string of the molecule is O=C(O)[C@]1(C(=O)OCC2c3ccccc3-c3ccccc32)CCCN1O. The first-order chi connectivity index (χ1) is 12.6. The molecule has 2 aromatic rings. The molecular formula is C20H19NO5. The van der Waals surface area contributed by atoms with E-state index in [2.05, 4.69) is 0 Å². The van der Waals surface area contributed by atoms with E-state index in [0.29, 0.717) is 11.5 Å². The van der Waals surface area contributed by atoms with Crippen molar-refractivity contribution >= 4 is 11.9 Å². The van der Waals surface area contributed by atoms with Gasteiger partial charge >= 0.3 is 11.9 Å². The van der Waals surface area contributed by atoms with Gasteiger partial charge in [0, 0.05) is 12.5 Å². The van der Waals surface area contributed by atoms with Crippen LogP contribution in [-0.4, -0.2) is 46.0 Å². The number of rotatable bonds is 4. The van der Waals surface area contributed by atoms with Crippen LogP contribution in [0.5, 0.6) is 0 Å². The van der Waals surface area contributed by atoms with Crippen molar-refractivity contribution in [2.75, 3.05) is 13.2 Å². The summed E-state index contributed by atoms with van der Waals surface area (Å²) in [5.41, 5.74) is 2.30. The molecule has 0 spiro atoms. The Morgan fingerprint density at radius 1 is 1.08 bits per heavy atom. The molecule has 0 radical (unpaired) electrons. The van der Waals surface area contributed by atoms with Gasteiger partial charge in [0.2, 0.25) is 5.54 Å². The van der Waals surface area contributed by atoms with E-state index in [0.717, 1.165) is 22.3 Å². The van der Waals surface area contributed by atoms with Crippen LogP contribution in [0.15, 0.2) is 48.5 Å². The van der Waals surface area contributed by atoms with Crippen molar-refractivity contribution in [3.05, 3.63) is 59.7 Å². The van der Waals surface area contributed by atoms with Gasteiger partial charge in [0.25, 0.3) is 0 Å². The second-order valence-corrected chi connectivity index (χ2v) is 6.72. The van der Waals surface area contributed by atoms with Gasteiger partial charge in [-0.25, -0.2) is 9.59 Å². The number of nitrogens with zero attached hydrogens (tertiary/aromatic N) is 1. The lowest BCUT2D eigenvalue weighted by atomic mass is 9.96. The second-order valence-electron chi connectivity index (χ2n) is 6.72. The second kappa shape index (κ2) is 6.23. The molecule has 1 heterocycles. The Bertz CT molecular complexity index is 835. The van der Waals surface area contributed by atoms with E-state index in [1.807, 2.05) is 48.5 Å². The zero-order chi connectivity index (χ0) is 18.3. The van der Waals surface area contributed by atoms with E-state index in [-0.39, 0.29) is 25.5 Å². The summed E-state index contributed by atoms with van der Waals surface area (Å²) >= 11 is 0. The Hall–Kier alpha value is -2.70. The highest BCUT2D eigenvalue weighted by Gasteiger charge is 2.56. The molecule has 2 aliphatic rings. The third-order valence-electron chi connectivity index (χ3n) is 5.38. The number of esters is 1. The molecule has 0 amide bonds. The number of carboxylic acids is 1. The fourth-order valence-electron chi connectivity index (χ4n) is 4.03. The molecule has 6 heteroatoms. The minimum atomic E-state index is -2.00. The minimum Gasteiger partial charge on any atom is -0.479 e. The van der Waals surface area contributed by atoms with E-state index in [1.165, 1.54) is 0 Å². The molecule has 134 valence electrons. The molecule has 0 unspecified atom stereocenters. The van der Waals surface area contributed by atoms with Gasteiger partial charge < -0.3 is 15.1 Å². The first-order valence-corrected chi connectivity index (χ1v) is 8.61. The zero-order valence-corrected chi connectivity index (χ0v) is 14.1. The summed E-state index contributed by atoms with van der Waals surface area (Å²) in [5, 5.41) is 20.0. The van der Waals surface area contributed by atoms with E-state index in [4.69, 9.17) is 4.74 Å². The fraction of sp³-hybridized carbons (Fsp3) is 0.300. The summed E-state index contributed by atoms with van der Waals surface area (Å²) in [6, 6.07) is 15.8. The average molecular weight is 353 g/mol. The van der Waals surface area contributed by atoms with Crippen LogP contribution >= 0.6 is 0 Å². The largest absolute Gasteiger partial charge is 0.479 e. The summed E-state index contributed by atoms with van der Waals surface area (Å²) in [6.07, 6.45) is 0.461. The molecule has 1 aliphatic heterocycles. The predicted molar refractivity (Wildman–Crippen MR) is 92.8 cm³/mol. The third-order valence-corrected chi connectivity index (χ3v) is 5.38. The molecule has 1 atom stereocenters. The Morgan fingerprint density at radius 3 is 2.15 bits per heavy atom. The molecule has 26 heavy (non-hydrogen) atoms. The topological polar surface area (TPSA) is 87.1 Å². The number of ether oxygens (including phenoxy) is 1. The molecule has 4 rings (SSSR count). The smallest absolute Gasteiger partial charge is 0.340 e. The number of benzene rings is 2. The van der Waals surface area contributed by atoms with E-state index < -0.39 is 17.5 Å². The van der Waals surface area contributed by atoms with Crippen molar-refractivity contribution in [3.63, 3.8) is 0 Å². The third kappa shape index (κ3) is 2.34. The monoisotopic (exact) mass is 353 g/mol. The lowest BCUT2D eigenvalue weighted by molar-refractivity contribution is -0.201. The molecular weight excluding hydrogens is 334 g/mol. The Labute approximate surface area is 150 Å². The number of hydroxylamine groups is 2. The molecule has 1 fully saturated rings. The molecule has 1 aliphatic carbocycles. The van der Waals surface area contributed by atoms with Crippen molar-refractivity contribution < 1.29 is 24.6 Å². The number of fused-ring (bicyclic) bond motifs is 3. The Morgan fingerprint density at radius 2 is 1.65 bits per heavy atom. The van der Waals surface area contributed by atoms with Crippen molar-refractivity contribution in [1.82, 2.24) is 5.06 Å². The highest BCUT2D eigenvalue weighted by Crippen LogP contribution is 2.44. The predicted octanol–water partition coefficient (Wildman–Crippen LogP) is 2.65. The highest BCUT2D eigenvalue weighted by molar-refractivity contribution is 6.04. The van der Waals surface area contributed by atoms with E-state index >= 15 is 0 Å². The fourth-order valence-corrected chi connectivity index (χ4v) is 4.03. The van der Waals surface area contributed by atoms with Crippen LogP contribution in [0.25, 0.3) is 11.1 Å². The summed E-state index contributed by atoms with van der Waals surface area (Å²) in [7, 11) is 0. The maximum absolute atomic E-state index is 12.6. The van der Waals surface area contributed by atoms with Crippen molar-refractivity contribution in [1.29, 1.82) is 0 Å². The number of hydrogen-bond acceptors (Lipinski definition) is 5. The summed E-state index contributed by atoms with van der Waals surface area (Å²) in [5.74, 6) is -2.44.